The fourth-order valence-corrected chi connectivity index (χ4v) is 3.08. The second-order valence-electron chi connectivity index (χ2n) is 6.51. The zero-order chi connectivity index (χ0) is 15.2. The fourth-order valence-electron chi connectivity index (χ4n) is 3.08. The normalized spacial score (nSPS) is 18.4. The van der Waals surface area contributed by atoms with Crippen LogP contribution in [0.25, 0.3) is 0 Å². The average Bonchev–Trinajstić information content (AvgIpc) is 2.37. The van der Waals surface area contributed by atoms with E-state index in [1.165, 1.54) is 37.7 Å². The number of aromatic nitrogens is 2. The highest BCUT2D eigenvalue weighted by molar-refractivity contribution is 5.34. The predicted molar refractivity (Wildman–Crippen MR) is 88.8 cm³/mol. The van der Waals surface area contributed by atoms with Gasteiger partial charge in [0.25, 0.3) is 0 Å². The van der Waals surface area contributed by atoms with Gasteiger partial charge in [-0.2, -0.15) is 0 Å². The lowest BCUT2D eigenvalue weighted by atomic mass is 10.1. The summed E-state index contributed by atoms with van der Waals surface area (Å²) in [6.07, 6.45) is 8.58. The highest BCUT2D eigenvalue weighted by Gasteiger charge is 2.15. The van der Waals surface area contributed by atoms with E-state index >= 15 is 0 Å². The summed E-state index contributed by atoms with van der Waals surface area (Å²) in [6.45, 7) is 10.8. The standard InChI is InChI=1S/C17H30N4/c1-13(2)19-14(3)16-12-18-17(20-15(16)4)21-10-8-6-5-7-9-11-21/h12-14,19H,5-11H2,1-4H3/t14-/m0/s1. The summed E-state index contributed by atoms with van der Waals surface area (Å²) in [6, 6.07) is 0.764. The third-order valence-corrected chi connectivity index (χ3v) is 4.19. The molecule has 0 amide bonds. The molecule has 2 heterocycles. The Labute approximate surface area is 129 Å². The van der Waals surface area contributed by atoms with Crippen molar-refractivity contribution in [3.05, 3.63) is 17.5 Å². The van der Waals surface area contributed by atoms with Gasteiger partial charge in [-0.25, -0.2) is 9.97 Å². The summed E-state index contributed by atoms with van der Waals surface area (Å²) < 4.78 is 0. The van der Waals surface area contributed by atoms with Crippen LogP contribution in [-0.2, 0) is 0 Å². The minimum Gasteiger partial charge on any atom is -0.341 e. The highest BCUT2D eigenvalue weighted by atomic mass is 15.2. The van der Waals surface area contributed by atoms with E-state index in [0.717, 1.165) is 24.7 Å². The lowest BCUT2D eigenvalue weighted by molar-refractivity contribution is 0.501. The summed E-state index contributed by atoms with van der Waals surface area (Å²) >= 11 is 0. The molecule has 1 atom stereocenters. The van der Waals surface area contributed by atoms with Gasteiger partial charge in [-0.05, 0) is 26.7 Å². The van der Waals surface area contributed by atoms with Crippen molar-refractivity contribution in [3.8, 4) is 0 Å². The zero-order valence-corrected chi connectivity index (χ0v) is 14.0. The average molecular weight is 290 g/mol. The van der Waals surface area contributed by atoms with E-state index in [0.29, 0.717) is 12.1 Å². The fraction of sp³-hybridized carbons (Fsp3) is 0.765. The molecule has 118 valence electrons. The molecule has 0 aromatic carbocycles. The lowest BCUT2D eigenvalue weighted by Gasteiger charge is -2.26. The maximum Gasteiger partial charge on any atom is 0.225 e. The Morgan fingerprint density at radius 2 is 1.67 bits per heavy atom. The molecular formula is C17H30N4. The second kappa shape index (κ2) is 7.74. The van der Waals surface area contributed by atoms with Gasteiger partial charge < -0.3 is 10.2 Å². The van der Waals surface area contributed by atoms with Crippen molar-refractivity contribution in [2.45, 2.75) is 71.9 Å². The Bertz CT molecular complexity index is 436. The van der Waals surface area contributed by atoms with Crippen molar-refractivity contribution in [1.29, 1.82) is 0 Å². The molecule has 0 radical (unpaired) electrons. The molecule has 0 saturated carbocycles. The summed E-state index contributed by atoms with van der Waals surface area (Å²) in [7, 11) is 0. The molecule has 1 fully saturated rings. The second-order valence-corrected chi connectivity index (χ2v) is 6.51. The molecule has 0 aliphatic carbocycles. The molecule has 1 aromatic heterocycles. The summed E-state index contributed by atoms with van der Waals surface area (Å²) in [5.74, 6) is 0.912. The van der Waals surface area contributed by atoms with Gasteiger partial charge in [0, 0.05) is 42.6 Å². The first-order valence-corrected chi connectivity index (χ1v) is 8.42. The quantitative estimate of drug-likeness (QED) is 0.919. The third-order valence-electron chi connectivity index (χ3n) is 4.19. The molecule has 4 heteroatoms. The Hall–Kier alpha value is -1.16. The number of hydrogen-bond acceptors (Lipinski definition) is 4. The number of anilines is 1. The van der Waals surface area contributed by atoms with Crippen molar-refractivity contribution < 1.29 is 0 Å². The van der Waals surface area contributed by atoms with Gasteiger partial charge in [0.15, 0.2) is 0 Å². The molecule has 0 spiro atoms. The van der Waals surface area contributed by atoms with Crippen LogP contribution in [-0.4, -0.2) is 29.1 Å². The molecule has 21 heavy (non-hydrogen) atoms. The molecule has 1 aliphatic rings. The molecular weight excluding hydrogens is 260 g/mol. The zero-order valence-electron chi connectivity index (χ0n) is 14.0. The number of hydrogen-bond donors (Lipinski definition) is 1. The van der Waals surface area contributed by atoms with Crippen LogP contribution in [0.4, 0.5) is 5.95 Å². The van der Waals surface area contributed by atoms with Crippen LogP contribution < -0.4 is 10.2 Å². The maximum atomic E-state index is 4.77. The highest BCUT2D eigenvalue weighted by Crippen LogP contribution is 2.20. The largest absolute Gasteiger partial charge is 0.341 e. The first-order chi connectivity index (χ1) is 10.1. The van der Waals surface area contributed by atoms with E-state index in [4.69, 9.17) is 4.98 Å². The summed E-state index contributed by atoms with van der Waals surface area (Å²) in [5, 5.41) is 3.52. The Morgan fingerprint density at radius 3 is 2.24 bits per heavy atom. The number of aryl methyl sites for hydroxylation is 1. The third kappa shape index (κ3) is 4.67. The minimum atomic E-state index is 0.298. The number of nitrogens with zero attached hydrogens (tertiary/aromatic N) is 3. The first kappa shape index (κ1) is 16.2. The van der Waals surface area contributed by atoms with Crippen LogP contribution in [0.3, 0.4) is 0 Å². The van der Waals surface area contributed by atoms with Gasteiger partial charge in [-0.15, -0.1) is 0 Å². The van der Waals surface area contributed by atoms with Crippen LogP contribution in [0.2, 0.25) is 0 Å². The van der Waals surface area contributed by atoms with E-state index in [1.54, 1.807) is 0 Å². The van der Waals surface area contributed by atoms with E-state index in [-0.39, 0.29) is 0 Å². The van der Waals surface area contributed by atoms with Gasteiger partial charge in [-0.1, -0.05) is 33.1 Å². The summed E-state index contributed by atoms with van der Waals surface area (Å²) in [5.41, 5.74) is 2.31. The van der Waals surface area contributed by atoms with Gasteiger partial charge in [0.2, 0.25) is 5.95 Å². The van der Waals surface area contributed by atoms with E-state index in [2.05, 4.69) is 42.9 Å². The smallest absolute Gasteiger partial charge is 0.225 e. The molecule has 1 aliphatic heterocycles. The van der Waals surface area contributed by atoms with Crippen molar-refractivity contribution in [3.63, 3.8) is 0 Å². The maximum absolute atomic E-state index is 4.77. The van der Waals surface area contributed by atoms with Gasteiger partial charge in [0.05, 0.1) is 0 Å². The topological polar surface area (TPSA) is 41.1 Å². The number of nitrogens with one attached hydrogen (secondary N) is 1. The van der Waals surface area contributed by atoms with Crippen molar-refractivity contribution >= 4 is 5.95 Å². The monoisotopic (exact) mass is 290 g/mol. The van der Waals surface area contributed by atoms with Gasteiger partial charge in [0.1, 0.15) is 0 Å². The van der Waals surface area contributed by atoms with E-state index in [9.17, 15) is 0 Å². The predicted octanol–water partition coefficient (Wildman–Crippen LogP) is 3.61. The molecule has 1 N–H and O–H groups in total. The van der Waals surface area contributed by atoms with Crippen LogP contribution in [0, 0.1) is 6.92 Å². The Morgan fingerprint density at radius 1 is 1.05 bits per heavy atom. The van der Waals surface area contributed by atoms with Gasteiger partial charge >= 0.3 is 0 Å². The first-order valence-electron chi connectivity index (χ1n) is 8.42. The van der Waals surface area contributed by atoms with Crippen molar-refractivity contribution in [2.75, 3.05) is 18.0 Å². The van der Waals surface area contributed by atoms with E-state index < -0.39 is 0 Å². The SMILES string of the molecule is Cc1nc(N2CCCCCCC2)ncc1[C@H](C)NC(C)C. The van der Waals surface area contributed by atoms with Crippen molar-refractivity contribution in [1.82, 2.24) is 15.3 Å². The Balaban J connectivity index is 2.10. The van der Waals surface area contributed by atoms with Crippen molar-refractivity contribution in [2.24, 2.45) is 0 Å². The molecule has 0 unspecified atom stereocenters. The van der Waals surface area contributed by atoms with Gasteiger partial charge in [-0.3, -0.25) is 0 Å². The molecule has 1 saturated heterocycles. The summed E-state index contributed by atoms with van der Waals surface area (Å²) in [4.78, 5) is 11.8. The van der Waals surface area contributed by atoms with E-state index in [1.807, 2.05) is 6.20 Å². The minimum absolute atomic E-state index is 0.298. The Kier molecular flexibility index (Phi) is 5.97. The molecule has 2 rings (SSSR count). The van der Waals surface area contributed by atoms with Crippen LogP contribution in [0.5, 0.6) is 0 Å². The molecule has 1 aromatic rings. The molecule has 0 bridgehead atoms. The van der Waals surface area contributed by atoms with Crippen LogP contribution in [0.15, 0.2) is 6.20 Å². The lowest BCUT2D eigenvalue weighted by Crippen LogP contribution is -2.30. The van der Waals surface area contributed by atoms with Crippen LogP contribution >= 0.6 is 0 Å². The van der Waals surface area contributed by atoms with Crippen LogP contribution in [0.1, 0.15) is 70.2 Å². The number of rotatable bonds is 4. The molecule has 4 nitrogen and oxygen atoms in total.